The molecule has 46 heavy (non-hydrogen) atoms. The molecule has 270 valence electrons. The Bertz CT molecular complexity index is 832. The third kappa shape index (κ3) is 17.4. The number of carbonyl (C=O) groups is 1. The third-order valence-corrected chi connectivity index (χ3v) is 9.75. The summed E-state index contributed by atoms with van der Waals surface area (Å²) < 4.78 is 10.8. The van der Waals surface area contributed by atoms with Crippen molar-refractivity contribution < 1.29 is 44.9 Å². The van der Waals surface area contributed by atoms with E-state index < -0.39 is 42.3 Å². The molecule has 0 aromatic carbocycles. The molecule has 8 atom stereocenters. The predicted molar refractivity (Wildman–Crippen MR) is 180 cm³/mol. The van der Waals surface area contributed by atoms with E-state index >= 15 is 0 Å². The quantitative estimate of drug-likeness (QED) is 0.0431. The lowest BCUT2D eigenvalue weighted by Crippen LogP contribution is -2.33. The summed E-state index contributed by atoms with van der Waals surface area (Å²) in [5.41, 5.74) is 0.340. The summed E-state index contributed by atoms with van der Waals surface area (Å²) in [7, 11) is 0. The Morgan fingerprint density at radius 2 is 1.13 bits per heavy atom. The van der Waals surface area contributed by atoms with Crippen molar-refractivity contribution >= 4 is 5.97 Å². The Kier molecular flexibility index (Phi) is 20.8. The van der Waals surface area contributed by atoms with Crippen LogP contribution in [-0.2, 0) is 14.3 Å². The number of unbranched alkanes of at least 4 members (excludes halogenated alkanes) is 14. The van der Waals surface area contributed by atoms with Crippen LogP contribution >= 0.6 is 0 Å². The maximum absolute atomic E-state index is 11.7. The molecule has 9 nitrogen and oxygen atoms in total. The first-order chi connectivity index (χ1) is 22.0. The summed E-state index contributed by atoms with van der Waals surface area (Å²) in [6.45, 7) is 3.62. The molecule has 0 aromatic heterocycles. The number of esters is 1. The normalized spacial score (nSPS) is 24.9. The Balaban J connectivity index is 1.43. The maximum Gasteiger partial charge on any atom is 0.336 e. The highest BCUT2D eigenvalue weighted by atomic mass is 16.7. The molecule has 2 aliphatic rings. The van der Waals surface area contributed by atoms with Gasteiger partial charge in [0.25, 0.3) is 0 Å². The SMILES string of the molecule is CCCCCCCCCCC(O)C(O)CC[C@H](O)[C@@H]1CC[C@@H]([C@@H](O)CCCCCCCCCCC(O)CC2=CC(C)(O)OC2=O)O1. The minimum absolute atomic E-state index is 0.211. The van der Waals surface area contributed by atoms with Crippen LogP contribution in [0.5, 0.6) is 0 Å². The van der Waals surface area contributed by atoms with E-state index in [9.17, 15) is 35.4 Å². The van der Waals surface area contributed by atoms with Gasteiger partial charge in [0.15, 0.2) is 0 Å². The van der Waals surface area contributed by atoms with Crippen molar-refractivity contribution in [2.24, 2.45) is 0 Å². The first kappa shape index (κ1) is 41.1. The molecular formula is C37H68O9. The van der Waals surface area contributed by atoms with Gasteiger partial charge in [-0.2, -0.15) is 0 Å². The van der Waals surface area contributed by atoms with E-state index in [2.05, 4.69) is 6.92 Å². The first-order valence-electron chi connectivity index (χ1n) is 18.8. The van der Waals surface area contributed by atoms with E-state index in [1.165, 1.54) is 51.5 Å². The highest BCUT2D eigenvalue weighted by Crippen LogP contribution is 2.29. The Morgan fingerprint density at radius 1 is 0.674 bits per heavy atom. The van der Waals surface area contributed by atoms with Crippen molar-refractivity contribution in [3.05, 3.63) is 11.6 Å². The van der Waals surface area contributed by atoms with E-state index in [0.29, 0.717) is 44.1 Å². The molecule has 0 saturated carbocycles. The average molecular weight is 657 g/mol. The largest absolute Gasteiger partial charge is 0.426 e. The minimum Gasteiger partial charge on any atom is -0.426 e. The van der Waals surface area contributed by atoms with Crippen LogP contribution in [0.4, 0.5) is 0 Å². The van der Waals surface area contributed by atoms with Crippen molar-refractivity contribution in [2.45, 2.75) is 216 Å². The lowest BCUT2D eigenvalue weighted by atomic mass is 9.97. The van der Waals surface area contributed by atoms with Crippen LogP contribution in [0.1, 0.15) is 168 Å². The third-order valence-electron chi connectivity index (χ3n) is 9.75. The Hall–Kier alpha value is -1.07. The van der Waals surface area contributed by atoms with Crippen LogP contribution in [-0.4, -0.2) is 85.1 Å². The van der Waals surface area contributed by atoms with Crippen LogP contribution in [0.2, 0.25) is 0 Å². The molecule has 0 amide bonds. The van der Waals surface area contributed by atoms with Gasteiger partial charge in [0.2, 0.25) is 5.79 Å². The van der Waals surface area contributed by atoms with Crippen LogP contribution in [0, 0.1) is 0 Å². The van der Waals surface area contributed by atoms with Crippen LogP contribution < -0.4 is 0 Å². The molecule has 0 aliphatic carbocycles. The zero-order chi connectivity index (χ0) is 33.8. The van der Waals surface area contributed by atoms with Gasteiger partial charge in [0, 0.05) is 18.9 Å². The summed E-state index contributed by atoms with van der Waals surface area (Å²) in [4.78, 5) is 11.7. The summed E-state index contributed by atoms with van der Waals surface area (Å²) in [5.74, 6) is -2.12. The molecule has 4 unspecified atom stereocenters. The fourth-order valence-corrected chi connectivity index (χ4v) is 6.80. The number of rotatable bonds is 28. The van der Waals surface area contributed by atoms with Gasteiger partial charge >= 0.3 is 5.97 Å². The molecule has 0 spiro atoms. The van der Waals surface area contributed by atoms with E-state index in [4.69, 9.17) is 9.47 Å². The van der Waals surface area contributed by atoms with Gasteiger partial charge in [-0.05, 0) is 51.0 Å². The molecule has 0 aromatic rings. The fourth-order valence-electron chi connectivity index (χ4n) is 6.80. The number of ether oxygens (including phenoxy) is 2. The van der Waals surface area contributed by atoms with Gasteiger partial charge in [-0.25, -0.2) is 4.79 Å². The molecule has 1 fully saturated rings. The molecular weight excluding hydrogens is 588 g/mol. The molecule has 2 aliphatic heterocycles. The van der Waals surface area contributed by atoms with Crippen LogP contribution in [0.15, 0.2) is 11.6 Å². The van der Waals surface area contributed by atoms with E-state index in [0.717, 1.165) is 70.6 Å². The van der Waals surface area contributed by atoms with Crippen LogP contribution in [0.3, 0.4) is 0 Å². The second-order valence-corrected chi connectivity index (χ2v) is 14.3. The summed E-state index contributed by atoms with van der Waals surface area (Å²) in [6, 6.07) is 0. The number of hydrogen-bond donors (Lipinski definition) is 6. The number of cyclic esters (lactones) is 1. The summed E-state index contributed by atoms with van der Waals surface area (Å²) in [6.07, 6.45) is 19.6. The standard InChI is InChI=1S/C37H68O9/c1-3-4-5-6-7-11-14-17-20-30(39)31(40)22-23-33(42)35-25-24-34(45-35)32(41)21-18-15-12-9-8-10-13-16-19-29(38)26-28-27-37(2,44)46-36(28)43/h27,29-35,38-42,44H,3-26H2,1-2H3/t29?,30?,31?,32-,33-,34-,35-,37?/m0/s1. The number of aliphatic hydroxyl groups excluding tert-OH is 5. The average Bonchev–Trinajstić information content (AvgIpc) is 3.61. The number of hydrogen-bond acceptors (Lipinski definition) is 9. The predicted octanol–water partition coefficient (Wildman–Crippen LogP) is 6.13. The Morgan fingerprint density at radius 3 is 1.65 bits per heavy atom. The second-order valence-electron chi connectivity index (χ2n) is 14.3. The highest BCUT2D eigenvalue weighted by Gasteiger charge is 2.35. The molecule has 2 rings (SSSR count). The molecule has 6 N–H and O–H groups in total. The maximum atomic E-state index is 11.7. The minimum atomic E-state index is -1.56. The zero-order valence-corrected chi connectivity index (χ0v) is 29.0. The van der Waals surface area contributed by atoms with E-state index in [-0.39, 0.29) is 18.6 Å². The van der Waals surface area contributed by atoms with Gasteiger partial charge in [-0.15, -0.1) is 0 Å². The lowest BCUT2D eigenvalue weighted by molar-refractivity contribution is -0.173. The van der Waals surface area contributed by atoms with Gasteiger partial charge in [-0.1, -0.05) is 110 Å². The van der Waals surface area contributed by atoms with Crippen LogP contribution in [0.25, 0.3) is 0 Å². The smallest absolute Gasteiger partial charge is 0.336 e. The van der Waals surface area contributed by atoms with Gasteiger partial charge in [0.1, 0.15) is 0 Å². The fraction of sp³-hybridized carbons (Fsp3) is 0.919. The number of carbonyl (C=O) groups excluding carboxylic acids is 1. The molecule has 0 bridgehead atoms. The summed E-state index contributed by atoms with van der Waals surface area (Å²) in [5, 5.41) is 61.9. The molecule has 9 heteroatoms. The topological polar surface area (TPSA) is 157 Å². The van der Waals surface area contributed by atoms with Crippen molar-refractivity contribution in [3.63, 3.8) is 0 Å². The van der Waals surface area contributed by atoms with Gasteiger partial charge in [0.05, 0.1) is 42.7 Å². The monoisotopic (exact) mass is 656 g/mol. The van der Waals surface area contributed by atoms with E-state index in [1.807, 2.05) is 0 Å². The lowest BCUT2D eigenvalue weighted by Gasteiger charge is -2.24. The molecule has 1 saturated heterocycles. The van der Waals surface area contributed by atoms with E-state index in [1.54, 1.807) is 0 Å². The number of aliphatic hydroxyl groups is 6. The highest BCUT2D eigenvalue weighted by molar-refractivity contribution is 5.91. The molecule has 0 radical (unpaired) electrons. The van der Waals surface area contributed by atoms with Gasteiger partial charge < -0.3 is 40.1 Å². The first-order valence-corrected chi connectivity index (χ1v) is 18.8. The van der Waals surface area contributed by atoms with Crippen molar-refractivity contribution in [1.29, 1.82) is 0 Å². The second kappa shape index (κ2) is 23.3. The van der Waals surface area contributed by atoms with Crippen molar-refractivity contribution in [3.8, 4) is 0 Å². The van der Waals surface area contributed by atoms with Crippen molar-refractivity contribution in [1.82, 2.24) is 0 Å². The Labute approximate surface area is 278 Å². The zero-order valence-electron chi connectivity index (χ0n) is 29.0. The molecule has 2 heterocycles. The summed E-state index contributed by atoms with van der Waals surface area (Å²) >= 11 is 0. The van der Waals surface area contributed by atoms with Crippen molar-refractivity contribution in [2.75, 3.05) is 0 Å². The van der Waals surface area contributed by atoms with Gasteiger partial charge in [-0.3, -0.25) is 0 Å².